The molecule has 0 bridgehead atoms. The summed E-state index contributed by atoms with van der Waals surface area (Å²) in [5.74, 6) is 1.71. The molecule has 0 aromatic carbocycles. The van der Waals surface area contributed by atoms with E-state index in [2.05, 4.69) is 25.8 Å². The van der Waals surface area contributed by atoms with Gasteiger partial charge in [-0.05, 0) is 38.1 Å². The van der Waals surface area contributed by atoms with Gasteiger partial charge in [-0.15, -0.1) is 0 Å². The van der Waals surface area contributed by atoms with Gasteiger partial charge in [0.05, 0.1) is 6.61 Å². The van der Waals surface area contributed by atoms with Crippen LogP contribution in [0.15, 0.2) is 0 Å². The Balaban J connectivity index is 2.37. The van der Waals surface area contributed by atoms with Crippen LogP contribution in [-0.4, -0.2) is 44.3 Å². The van der Waals surface area contributed by atoms with Gasteiger partial charge < -0.3 is 15.4 Å². The summed E-state index contributed by atoms with van der Waals surface area (Å²) >= 11 is 0. The average Bonchev–Trinajstić information content (AvgIpc) is 2.16. The zero-order valence-electron chi connectivity index (χ0n) is 11.3. The molecular formula is C13H28N2O. The standard InChI is InChI=1S/C13H28N2O/c1-10-5-11(2)7-13(6-10)15(3)8-12(14)9-16-4/h10-13H,5-9,14H2,1-4H3. The van der Waals surface area contributed by atoms with E-state index in [4.69, 9.17) is 10.5 Å². The maximum atomic E-state index is 5.99. The lowest BCUT2D eigenvalue weighted by Crippen LogP contribution is -2.45. The van der Waals surface area contributed by atoms with Crippen molar-refractivity contribution in [2.24, 2.45) is 17.6 Å². The minimum atomic E-state index is 0.141. The highest BCUT2D eigenvalue weighted by Crippen LogP contribution is 2.30. The highest BCUT2D eigenvalue weighted by atomic mass is 16.5. The second-order valence-corrected chi connectivity index (χ2v) is 5.73. The van der Waals surface area contributed by atoms with Crippen LogP contribution >= 0.6 is 0 Å². The van der Waals surface area contributed by atoms with Crippen LogP contribution in [0.5, 0.6) is 0 Å². The van der Waals surface area contributed by atoms with Gasteiger partial charge in [0, 0.05) is 25.7 Å². The summed E-state index contributed by atoms with van der Waals surface area (Å²) in [4.78, 5) is 2.43. The predicted molar refractivity (Wildman–Crippen MR) is 68.4 cm³/mol. The Hall–Kier alpha value is -0.120. The first-order chi connectivity index (χ1) is 7.52. The quantitative estimate of drug-likeness (QED) is 0.778. The largest absolute Gasteiger partial charge is 0.383 e. The molecule has 3 atom stereocenters. The summed E-state index contributed by atoms with van der Waals surface area (Å²) in [6.07, 6.45) is 4.02. The molecule has 1 rings (SSSR count). The van der Waals surface area contributed by atoms with Gasteiger partial charge in [-0.25, -0.2) is 0 Å². The van der Waals surface area contributed by atoms with Gasteiger partial charge in [-0.3, -0.25) is 0 Å². The summed E-state index contributed by atoms with van der Waals surface area (Å²) in [6.45, 7) is 6.33. The van der Waals surface area contributed by atoms with Crippen molar-refractivity contribution in [2.75, 3.05) is 27.3 Å². The first kappa shape index (κ1) is 13.9. The lowest BCUT2D eigenvalue weighted by atomic mass is 9.80. The van der Waals surface area contributed by atoms with Gasteiger partial charge in [0.2, 0.25) is 0 Å². The minimum absolute atomic E-state index is 0.141. The van der Waals surface area contributed by atoms with Crippen LogP contribution in [0.3, 0.4) is 0 Å². The molecule has 3 unspecified atom stereocenters. The lowest BCUT2D eigenvalue weighted by Gasteiger charge is -2.38. The molecule has 1 aliphatic carbocycles. The van der Waals surface area contributed by atoms with Crippen LogP contribution in [-0.2, 0) is 4.74 Å². The van der Waals surface area contributed by atoms with E-state index in [0.29, 0.717) is 12.6 Å². The van der Waals surface area contributed by atoms with E-state index in [0.717, 1.165) is 18.4 Å². The van der Waals surface area contributed by atoms with E-state index in [-0.39, 0.29) is 6.04 Å². The Labute approximate surface area is 100 Å². The molecule has 3 nitrogen and oxygen atoms in total. The summed E-state index contributed by atoms with van der Waals surface area (Å²) in [5.41, 5.74) is 5.99. The fourth-order valence-electron chi connectivity index (χ4n) is 3.05. The molecule has 2 N–H and O–H groups in total. The van der Waals surface area contributed by atoms with E-state index in [1.165, 1.54) is 19.3 Å². The first-order valence-electron chi connectivity index (χ1n) is 6.47. The molecule has 0 heterocycles. The number of likely N-dealkylation sites (N-methyl/N-ethyl adjacent to an activating group) is 1. The maximum Gasteiger partial charge on any atom is 0.0626 e. The third-order valence-electron chi connectivity index (χ3n) is 3.68. The maximum absolute atomic E-state index is 5.99. The molecule has 0 aromatic heterocycles. The molecule has 1 aliphatic rings. The summed E-state index contributed by atoms with van der Waals surface area (Å²) in [7, 11) is 3.91. The number of methoxy groups -OCH3 is 1. The molecule has 16 heavy (non-hydrogen) atoms. The number of rotatable bonds is 5. The van der Waals surface area contributed by atoms with E-state index < -0.39 is 0 Å². The van der Waals surface area contributed by atoms with Crippen molar-refractivity contribution in [1.82, 2.24) is 4.90 Å². The molecule has 0 spiro atoms. The van der Waals surface area contributed by atoms with Crippen LogP contribution in [0.25, 0.3) is 0 Å². The molecule has 0 aromatic rings. The Morgan fingerprint density at radius 3 is 2.31 bits per heavy atom. The smallest absolute Gasteiger partial charge is 0.0626 e. The average molecular weight is 228 g/mol. The summed E-state index contributed by atoms with van der Waals surface area (Å²) in [5, 5.41) is 0. The Kier molecular flexibility index (Phi) is 5.73. The second kappa shape index (κ2) is 6.58. The topological polar surface area (TPSA) is 38.5 Å². The number of nitrogens with zero attached hydrogens (tertiary/aromatic N) is 1. The third kappa shape index (κ3) is 4.40. The van der Waals surface area contributed by atoms with E-state index in [1.807, 2.05) is 0 Å². The predicted octanol–water partition coefficient (Wildman–Crippen LogP) is 1.72. The molecule has 0 aliphatic heterocycles. The molecule has 96 valence electrons. The van der Waals surface area contributed by atoms with Gasteiger partial charge in [0.1, 0.15) is 0 Å². The van der Waals surface area contributed by atoms with E-state index in [9.17, 15) is 0 Å². The highest BCUT2D eigenvalue weighted by molar-refractivity contribution is 4.82. The molecule has 0 saturated heterocycles. The van der Waals surface area contributed by atoms with Crippen LogP contribution in [0.4, 0.5) is 0 Å². The lowest BCUT2D eigenvalue weighted by molar-refractivity contribution is 0.107. The van der Waals surface area contributed by atoms with Gasteiger partial charge in [0.25, 0.3) is 0 Å². The van der Waals surface area contributed by atoms with Crippen molar-refractivity contribution in [3.8, 4) is 0 Å². The number of hydrogen-bond acceptors (Lipinski definition) is 3. The van der Waals surface area contributed by atoms with Crippen molar-refractivity contribution in [3.63, 3.8) is 0 Å². The molecule has 1 fully saturated rings. The third-order valence-corrected chi connectivity index (χ3v) is 3.68. The van der Waals surface area contributed by atoms with Crippen LogP contribution in [0.2, 0.25) is 0 Å². The SMILES string of the molecule is COCC(N)CN(C)C1CC(C)CC(C)C1. The van der Waals surface area contributed by atoms with Crippen LogP contribution in [0, 0.1) is 11.8 Å². The van der Waals surface area contributed by atoms with Gasteiger partial charge >= 0.3 is 0 Å². The second-order valence-electron chi connectivity index (χ2n) is 5.73. The molecule has 0 amide bonds. The van der Waals surface area contributed by atoms with Crippen LogP contribution < -0.4 is 5.73 Å². The number of ether oxygens (including phenoxy) is 1. The Bertz CT molecular complexity index is 188. The monoisotopic (exact) mass is 228 g/mol. The fourth-order valence-corrected chi connectivity index (χ4v) is 3.05. The zero-order chi connectivity index (χ0) is 12.1. The van der Waals surface area contributed by atoms with Crippen molar-refractivity contribution >= 4 is 0 Å². The Morgan fingerprint density at radius 2 is 1.81 bits per heavy atom. The van der Waals surface area contributed by atoms with Crippen molar-refractivity contribution in [1.29, 1.82) is 0 Å². The van der Waals surface area contributed by atoms with Crippen molar-refractivity contribution in [3.05, 3.63) is 0 Å². The first-order valence-corrected chi connectivity index (χ1v) is 6.47. The van der Waals surface area contributed by atoms with Crippen molar-refractivity contribution in [2.45, 2.75) is 45.2 Å². The Morgan fingerprint density at radius 1 is 1.25 bits per heavy atom. The fraction of sp³-hybridized carbons (Fsp3) is 1.00. The molecule has 0 radical (unpaired) electrons. The normalized spacial score (nSPS) is 33.0. The van der Waals surface area contributed by atoms with Gasteiger partial charge in [-0.2, -0.15) is 0 Å². The summed E-state index contributed by atoms with van der Waals surface area (Å²) in [6, 6.07) is 0.851. The molecule has 3 heteroatoms. The zero-order valence-corrected chi connectivity index (χ0v) is 11.3. The van der Waals surface area contributed by atoms with Gasteiger partial charge in [-0.1, -0.05) is 13.8 Å². The molecular weight excluding hydrogens is 200 g/mol. The number of hydrogen-bond donors (Lipinski definition) is 1. The van der Waals surface area contributed by atoms with Gasteiger partial charge in [0.15, 0.2) is 0 Å². The van der Waals surface area contributed by atoms with Crippen molar-refractivity contribution < 1.29 is 4.74 Å². The van der Waals surface area contributed by atoms with E-state index >= 15 is 0 Å². The van der Waals surface area contributed by atoms with Crippen LogP contribution in [0.1, 0.15) is 33.1 Å². The van der Waals surface area contributed by atoms with E-state index in [1.54, 1.807) is 7.11 Å². The number of nitrogens with two attached hydrogens (primary N) is 1. The minimum Gasteiger partial charge on any atom is -0.383 e. The highest BCUT2D eigenvalue weighted by Gasteiger charge is 2.27. The molecule has 1 saturated carbocycles. The summed E-state index contributed by atoms with van der Waals surface area (Å²) < 4.78 is 5.08.